The van der Waals surface area contributed by atoms with Crippen molar-refractivity contribution in [2.75, 3.05) is 20.6 Å². The van der Waals surface area contributed by atoms with E-state index in [2.05, 4.69) is 10.6 Å². The lowest BCUT2D eigenvalue weighted by atomic mass is 10.2. The first kappa shape index (κ1) is 13.9. The number of rotatable bonds is 5. The van der Waals surface area contributed by atoms with Crippen LogP contribution in [0.4, 0.5) is 0 Å². The van der Waals surface area contributed by atoms with Gasteiger partial charge < -0.3 is 15.5 Å². The molecule has 0 aromatic heterocycles. The fourth-order valence-electron chi connectivity index (χ4n) is 1.02. The van der Waals surface area contributed by atoms with E-state index in [1.165, 1.54) is 0 Å². The van der Waals surface area contributed by atoms with Crippen molar-refractivity contribution in [3.63, 3.8) is 0 Å². The van der Waals surface area contributed by atoms with Gasteiger partial charge in [0.25, 0.3) is 0 Å². The van der Waals surface area contributed by atoms with E-state index in [0.29, 0.717) is 6.54 Å². The van der Waals surface area contributed by atoms with Crippen molar-refractivity contribution in [2.24, 2.45) is 0 Å². The number of amides is 2. The molecule has 5 nitrogen and oxygen atoms in total. The second kappa shape index (κ2) is 6.40. The van der Waals surface area contributed by atoms with Crippen LogP contribution in [0.5, 0.6) is 0 Å². The highest BCUT2D eigenvalue weighted by Crippen LogP contribution is 1.92. The van der Waals surface area contributed by atoms with Crippen LogP contribution in [0, 0.1) is 0 Å². The molecule has 2 unspecified atom stereocenters. The lowest BCUT2D eigenvalue weighted by Gasteiger charge is -2.21. The van der Waals surface area contributed by atoms with E-state index in [0.717, 1.165) is 0 Å². The molecular weight excluding hydrogens is 194 g/mol. The Hall–Kier alpha value is -1.10. The summed E-state index contributed by atoms with van der Waals surface area (Å²) in [6.07, 6.45) is 0. The fourth-order valence-corrected chi connectivity index (χ4v) is 1.02. The molecule has 0 saturated heterocycles. The highest BCUT2D eigenvalue weighted by Gasteiger charge is 2.20. The number of nitrogens with one attached hydrogen (secondary N) is 2. The van der Waals surface area contributed by atoms with Crippen LogP contribution in [-0.4, -0.2) is 49.4 Å². The third-order valence-electron chi connectivity index (χ3n) is 2.41. The molecule has 15 heavy (non-hydrogen) atoms. The fraction of sp³-hybridized carbons (Fsp3) is 0.800. The predicted molar refractivity (Wildman–Crippen MR) is 59.4 cm³/mol. The summed E-state index contributed by atoms with van der Waals surface area (Å²) in [7, 11) is 3.42. The largest absolute Gasteiger partial charge is 0.344 e. The van der Waals surface area contributed by atoms with Gasteiger partial charge in [0.1, 0.15) is 6.04 Å². The van der Waals surface area contributed by atoms with Crippen LogP contribution in [0.3, 0.4) is 0 Å². The van der Waals surface area contributed by atoms with Gasteiger partial charge in [-0.05, 0) is 27.8 Å². The van der Waals surface area contributed by atoms with E-state index < -0.39 is 6.04 Å². The summed E-state index contributed by atoms with van der Waals surface area (Å²) in [5, 5.41) is 5.47. The van der Waals surface area contributed by atoms with Crippen molar-refractivity contribution in [2.45, 2.75) is 32.9 Å². The highest BCUT2D eigenvalue weighted by molar-refractivity contribution is 5.89. The highest BCUT2D eigenvalue weighted by atomic mass is 16.2. The van der Waals surface area contributed by atoms with Crippen LogP contribution in [-0.2, 0) is 9.59 Å². The molecule has 0 aromatic rings. The maximum atomic E-state index is 11.6. The molecule has 0 bridgehead atoms. The van der Waals surface area contributed by atoms with Crippen molar-refractivity contribution in [3.8, 4) is 0 Å². The van der Waals surface area contributed by atoms with Crippen LogP contribution >= 0.6 is 0 Å². The summed E-state index contributed by atoms with van der Waals surface area (Å²) in [6.45, 7) is 5.97. The van der Waals surface area contributed by atoms with Gasteiger partial charge in [-0.2, -0.15) is 0 Å². The van der Waals surface area contributed by atoms with E-state index in [4.69, 9.17) is 0 Å². The van der Waals surface area contributed by atoms with Gasteiger partial charge in [-0.25, -0.2) is 0 Å². The minimum absolute atomic E-state index is 0.0749. The monoisotopic (exact) mass is 215 g/mol. The third-order valence-corrected chi connectivity index (χ3v) is 2.41. The molecule has 2 atom stereocenters. The normalized spacial score (nSPS) is 14.2. The second-order valence-corrected chi connectivity index (χ2v) is 3.59. The minimum Gasteiger partial charge on any atom is -0.344 e. The van der Waals surface area contributed by atoms with E-state index in [9.17, 15) is 9.59 Å². The summed E-state index contributed by atoms with van der Waals surface area (Å²) in [5.41, 5.74) is 0. The van der Waals surface area contributed by atoms with Crippen LogP contribution in [0.15, 0.2) is 0 Å². The molecule has 0 radical (unpaired) electrons. The standard InChI is InChI=1S/C10H21N3O2/c1-6-13(5)10(15)8(3)12-9(14)7(2)11-4/h7-8,11H,6H2,1-5H3,(H,12,14). The van der Waals surface area contributed by atoms with E-state index in [-0.39, 0.29) is 17.9 Å². The molecule has 0 rings (SSSR count). The lowest BCUT2D eigenvalue weighted by molar-refractivity contribution is -0.135. The van der Waals surface area contributed by atoms with Crippen molar-refractivity contribution in [1.82, 2.24) is 15.5 Å². The first-order chi connectivity index (χ1) is 6.93. The molecule has 0 aromatic carbocycles. The van der Waals surface area contributed by atoms with Gasteiger partial charge in [0.05, 0.1) is 6.04 Å². The maximum Gasteiger partial charge on any atom is 0.244 e. The van der Waals surface area contributed by atoms with Gasteiger partial charge in [0.15, 0.2) is 0 Å². The second-order valence-electron chi connectivity index (χ2n) is 3.59. The number of carbonyl (C=O) groups is 2. The molecule has 2 N–H and O–H groups in total. The zero-order chi connectivity index (χ0) is 12.0. The summed E-state index contributed by atoms with van der Waals surface area (Å²) < 4.78 is 0. The number of likely N-dealkylation sites (N-methyl/N-ethyl adjacent to an activating group) is 2. The van der Waals surface area contributed by atoms with Gasteiger partial charge >= 0.3 is 0 Å². The zero-order valence-electron chi connectivity index (χ0n) is 10.1. The molecule has 0 aliphatic heterocycles. The Morgan fingerprint density at radius 3 is 2.20 bits per heavy atom. The quantitative estimate of drug-likeness (QED) is 0.654. The average molecular weight is 215 g/mol. The Balaban J connectivity index is 4.18. The maximum absolute atomic E-state index is 11.6. The Labute approximate surface area is 91.2 Å². The number of hydrogen-bond acceptors (Lipinski definition) is 3. The molecular formula is C10H21N3O2. The topological polar surface area (TPSA) is 61.4 Å². The van der Waals surface area contributed by atoms with Crippen LogP contribution in [0.1, 0.15) is 20.8 Å². The van der Waals surface area contributed by atoms with E-state index in [1.54, 1.807) is 32.8 Å². The van der Waals surface area contributed by atoms with Crippen LogP contribution < -0.4 is 10.6 Å². The summed E-state index contributed by atoms with van der Waals surface area (Å²) in [4.78, 5) is 24.6. The Bertz CT molecular complexity index is 231. The predicted octanol–water partition coefficient (Wildman–Crippen LogP) is -0.423. The first-order valence-corrected chi connectivity index (χ1v) is 5.16. The van der Waals surface area contributed by atoms with Crippen molar-refractivity contribution in [3.05, 3.63) is 0 Å². The molecule has 88 valence electrons. The molecule has 0 spiro atoms. The molecule has 2 amide bonds. The number of carbonyl (C=O) groups excluding carboxylic acids is 2. The molecule has 0 saturated carbocycles. The smallest absolute Gasteiger partial charge is 0.244 e. The van der Waals surface area contributed by atoms with E-state index in [1.807, 2.05) is 6.92 Å². The van der Waals surface area contributed by atoms with Gasteiger partial charge in [-0.1, -0.05) is 0 Å². The van der Waals surface area contributed by atoms with Crippen molar-refractivity contribution >= 4 is 11.8 Å². The van der Waals surface area contributed by atoms with Crippen LogP contribution in [0.2, 0.25) is 0 Å². The molecule has 0 fully saturated rings. The SMILES string of the molecule is CCN(C)C(=O)C(C)NC(=O)C(C)NC. The Kier molecular flexibility index (Phi) is 5.93. The van der Waals surface area contributed by atoms with Gasteiger partial charge in [-0.15, -0.1) is 0 Å². The Morgan fingerprint density at radius 2 is 1.80 bits per heavy atom. The number of nitrogens with zero attached hydrogens (tertiary/aromatic N) is 1. The molecule has 0 aliphatic carbocycles. The van der Waals surface area contributed by atoms with Gasteiger partial charge in [0.2, 0.25) is 11.8 Å². The lowest BCUT2D eigenvalue weighted by Crippen LogP contribution is -2.50. The van der Waals surface area contributed by atoms with Gasteiger partial charge in [0, 0.05) is 13.6 Å². The summed E-state index contributed by atoms with van der Waals surface area (Å²) in [5.74, 6) is -0.239. The molecule has 0 aliphatic rings. The average Bonchev–Trinajstić information content (AvgIpc) is 2.25. The van der Waals surface area contributed by atoms with Crippen molar-refractivity contribution < 1.29 is 9.59 Å². The first-order valence-electron chi connectivity index (χ1n) is 5.16. The molecule has 5 heteroatoms. The number of hydrogen-bond donors (Lipinski definition) is 2. The molecule has 0 heterocycles. The van der Waals surface area contributed by atoms with Crippen LogP contribution in [0.25, 0.3) is 0 Å². The van der Waals surface area contributed by atoms with Gasteiger partial charge in [-0.3, -0.25) is 9.59 Å². The third kappa shape index (κ3) is 4.29. The summed E-state index contributed by atoms with van der Waals surface area (Å²) in [6, 6.07) is -0.759. The zero-order valence-corrected chi connectivity index (χ0v) is 10.1. The minimum atomic E-state index is -0.474. The Morgan fingerprint density at radius 1 is 1.27 bits per heavy atom. The summed E-state index contributed by atoms with van der Waals surface area (Å²) >= 11 is 0. The van der Waals surface area contributed by atoms with E-state index >= 15 is 0 Å². The van der Waals surface area contributed by atoms with Crippen molar-refractivity contribution in [1.29, 1.82) is 0 Å².